The van der Waals surface area contributed by atoms with Gasteiger partial charge in [-0.15, -0.1) is 0 Å². The van der Waals surface area contributed by atoms with Crippen molar-refractivity contribution in [2.24, 2.45) is 0 Å². The molecule has 2 aromatic carbocycles. The number of aryl methyl sites for hydroxylation is 1. The van der Waals surface area contributed by atoms with Gasteiger partial charge in [0, 0.05) is 17.5 Å². The Bertz CT molecular complexity index is 744. The summed E-state index contributed by atoms with van der Waals surface area (Å²) in [5, 5.41) is 5.64. The molecule has 3 heteroatoms. The maximum atomic E-state index is 12.3. The highest BCUT2D eigenvalue weighted by molar-refractivity contribution is 5.99. The smallest absolute Gasteiger partial charge is 0.168 e. The van der Waals surface area contributed by atoms with Crippen LogP contribution in [0.3, 0.4) is 0 Å². The maximum Gasteiger partial charge on any atom is 0.168 e. The Balaban J connectivity index is 1.97. The molecule has 0 aliphatic carbocycles. The molecule has 0 N–H and O–H groups in total. The molecule has 3 rings (SSSR count). The highest BCUT2D eigenvalue weighted by Crippen LogP contribution is 2.20. The van der Waals surface area contributed by atoms with Crippen LogP contribution in [0.5, 0.6) is 0 Å². The molecule has 0 unspecified atom stereocenters. The van der Waals surface area contributed by atoms with Crippen LogP contribution in [-0.4, -0.2) is 15.6 Å². The molecule has 0 saturated carbocycles. The van der Waals surface area contributed by atoms with Crippen LogP contribution in [0.15, 0.2) is 54.6 Å². The van der Waals surface area contributed by atoms with Gasteiger partial charge in [-0.3, -0.25) is 9.48 Å². The first-order valence-electron chi connectivity index (χ1n) is 6.82. The summed E-state index contributed by atoms with van der Waals surface area (Å²) in [6.07, 6.45) is 0.345. The molecule has 1 aromatic heterocycles. The lowest BCUT2D eigenvalue weighted by molar-refractivity contribution is 0.0992. The summed E-state index contributed by atoms with van der Waals surface area (Å²) < 4.78 is 1.95. The summed E-state index contributed by atoms with van der Waals surface area (Å²) in [5.74, 6) is 0.108. The number of fused-ring (bicyclic) bond motifs is 1. The van der Waals surface area contributed by atoms with Crippen molar-refractivity contribution in [1.29, 1.82) is 0 Å². The summed E-state index contributed by atoms with van der Waals surface area (Å²) in [5.41, 5.74) is 2.68. The van der Waals surface area contributed by atoms with Crippen LogP contribution < -0.4 is 0 Å². The van der Waals surface area contributed by atoms with E-state index >= 15 is 0 Å². The van der Waals surface area contributed by atoms with Gasteiger partial charge in [-0.1, -0.05) is 48.5 Å². The topological polar surface area (TPSA) is 34.9 Å². The van der Waals surface area contributed by atoms with Crippen LogP contribution in [0.2, 0.25) is 0 Å². The molecule has 0 saturated heterocycles. The molecule has 0 fully saturated rings. The third-order valence-electron chi connectivity index (χ3n) is 3.46. The Hall–Kier alpha value is -2.42. The highest BCUT2D eigenvalue weighted by Gasteiger charge is 2.13. The zero-order valence-corrected chi connectivity index (χ0v) is 11.4. The first-order chi connectivity index (χ1) is 9.79. The van der Waals surface area contributed by atoms with Crippen molar-refractivity contribution in [1.82, 2.24) is 9.78 Å². The number of carbonyl (C=O) groups is 1. The average molecular weight is 264 g/mol. The molecule has 0 amide bonds. The molecule has 100 valence electrons. The fourth-order valence-corrected chi connectivity index (χ4v) is 2.45. The van der Waals surface area contributed by atoms with Crippen LogP contribution in [0.25, 0.3) is 10.9 Å². The molecule has 3 aromatic rings. The van der Waals surface area contributed by atoms with Crippen LogP contribution in [0.1, 0.15) is 23.0 Å². The molecule has 0 radical (unpaired) electrons. The monoisotopic (exact) mass is 264 g/mol. The predicted molar refractivity (Wildman–Crippen MR) is 79.9 cm³/mol. The average Bonchev–Trinajstić information content (AvgIpc) is 2.86. The Morgan fingerprint density at radius 2 is 1.75 bits per heavy atom. The minimum atomic E-state index is 0.108. The molecule has 20 heavy (non-hydrogen) atoms. The van der Waals surface area contributed by atoms with Crippen molar-refractivity contribution in [3.05, 3.63) is 65.9 Å². The van der Waals surface area contributed by atoms with E-state index in [2.05, 4.69) is 12.0 Å². The van der Waals surface area contributed by atoms with E-state index in [0.29, 0.717) is 6.42 Å². The third kappa shape index (κ3) is 2.23. The summed E-state index contributed by atoms with van der Waals surface area (Å²) >= 11 is 0. The van der Waals surface area contributed by atoms with Gasteiger partial charge in [0.15, 0.2) is 5.78 Å². The lowest BCUT2D eigenvalue weighted by Crippen LogP contribution is -2.05. The fraction of sp³-hybridized carbons (Fsp3) is 0.176. The van der Waals surface area contributed by atoms with E-state index in [1.54, 1.807) is 0 Å². The second kappa shape index (κ2) is 5.29. The van der Waals surface area contributed by atoms with E-state index < -0.39 is 0 Å². The fourth-order valence-electron chi connectivity index (χ4n) is 2.45. The van der Waals surface area contributed by atoms with Crippen molar-refractivity contribution in [2.75, 3.05) is 0 Å². The van der Waals surface area contributed by atoms with E-state index in [0.717, 1.165) is 28.7 Å². The number of nitrogens with zero attached hydrogens (tertiary/aromatic N) is 2. The number of rotatable bonds is 4. The van der Waals surface area contributed by atoms with Crippen molar-refractivity contribution in [2.45, 2.75) is 19.9 Å². The second-order valence-electron chi connectivity index (χ2n) is 4.75. The number of ketones is 1. The number of para-hydroxylation sites is 1. The molecular formula is C17H16N2O. The van der Waals surface area contributed by atoms with Crippen LogP contribution >= 0.6 is 0 Å². The first-order valence-corrected chi connectivity index (χ1v) is 6.82. The standard InChI is InChI=1S/C17H16N2O/c1-2-19-16-11-7-6-10-14(16)15(18-19)12-17(20)13-8-4-3-5-9-13/h3-11H,2,12H2,1H3. The zero-order chi connectivity index (χ0) is 13.9. The van der Waals surface area contributed by atoms with Crippen molar-refractivity contribution in [3.63, 3.8) is 0 Å². The molecule has 0 bridgehead atoms. The van der Waals surface area contributed by atoms with Crippen LogP contribution in [0, 0.1) is 0 Å². The van der Waals surface area contributed by atoms with Gasteiger partial charge in [0.2, 0.25) is 0 Å². The second-order valence-corrected chi connectivity index (χ2v) is 4.75. The minimum absolute atomic E-state index is 0.108. The number of benzene rings is 2. The number of hydrogen-bond acceptors (Lipinski definition) is 2. The van der Waals surface area contributed by atoms with E-state index in [-0.39, 0.29) is 5.78 Å². The molecular weight excluding hydrogens is 248 g/mol. The lowest BCUT2D eigenvalue weighted by Gasteiger charge is -1.98. The SMILES string of the molecule is CCn1nc(CC(=O)c2ccccc2)c2ccccc21. The van der Waals surface area contributed by atoms with Crippen molar-refractivity contribution >= 4 is 16.7 Å². The molecule has 0 atom stereocenters. The Morgan fingerprint density at radius 1 is 1.05 bits per heavy atom. The molecule has 3 nitrogen and oxygen atoms in total. The Kier molecular flexibility index (Phi) is 3.33. The van der Waals surface area contributed by atoms with Gasteiger partial charge in [-0.2, -0.15) is 5.10 Å². The van der Waals surface area contributed by atoms with E-state index in [9.17, 15) is 4.79 Å². The van der Waals surface area contributed by atoms with Gasteiger partial charge >= 0.3 is 0 Å². The largest absolute Gasteiger partial charge is 0.294 e. The number of aromatic nitrogens is 2. The normalized spacial score (nSPS) is 10.8. The molecule has 0 aliphatic rings. The molecule has 1 heterocycles. The lowest BCUT2D eigenvalue weighted by atomic mass is 10.0. The van der Waals surface area contributed by atoms with Crippen LogP contribution in [0.4, 0.5) is 0 Å². The number of carbonyl (C=O) groups excluding carboxylic acids is 1. The summed E-state index contributed by atoms with van der Waals surface area (Å²) in [6.45, 7) is 2.86. The van der Waals surface area contributed by atoms with E-state index in [1.807, 2.05) is 59.3 Å². The van der Waals surface area contributed by atoms with Gasteiger partial charge in [0.1, 0.15) is 0 Å². The Labute approximate surface area is 117 Å². The summed E-state index contributed by atoms with van der Waals surface area (Å²) in [4.78, 5) is 12.3. The predicted octanol–water partition coefficient (Wildman–Crippen LogP) is 3.48. The number of hydrogen-bond donors (Lipinski definition) is 0. The Morgan fingerprint density at radius 3 is 2.50 bits per heavy atom. The van der Waals surface area contributed by atoms with E-state index in [1.165, 1.54) is 0 Å². The van der Waals surface area contributed by atoms with Gasteiger partial charge in [0.25, 0.3) is 0 Å². The van der Waals surface area contributed by atoms with Crippen molar-refractivity contribution < 1.29 is 4.79 Å². The third-order valence-corrected chi connectivity index (χ3v) is 3.46. The zero-order valence-electron chi connectivity index (χ0n) is 11.4. The van der Waals surface area contributed by atoms with E-state index in [4.69, 9.17) is 0 Å². The minimum Gasteiger partial charge on any atom is -0.294 e. The maximum absolute atomic E-state index is 12.3. The van der Waals surface area contributed by atoms with Crippen molar-refractivity contribution in [3.8, 4) is 0 Å². The van der Waals surface area contributed by atoms with Gasteiger partial charge in [0.05, 0.1) is 17.6 Å². The van der Waals surface area contributed by atoms with Gasteiger partial charge in [-0.05, 0) is 13.0 Å². The first kappa shape index (κ1) is 12.6. The molecule has 0 spiro atoms. The highest BCUT2D eigenvalue weighted by atomic mass is 16.1. The molecule has 0 aliphatic heterocycles. The quantitative estimate of drug-likeness (QED) is 0.676. The summed E-state index contributed by atoms with van der Waals surface area (Å²) in [7, 11) is 0. The van der Waals surface area contributed by atoms with Gasteiger partial charge in [-0.25, -0.2) is 0 Å². The van der Waals surface area contributed by atoms with Crippen LogP contribution in [-0.2, 0) is 13.0 Å². The summed E-state index contributed by atoms with van der Waals surface area (Å²) in [6, 6.07) is 17.4. The number of Topliss-reactive ketones (excluding diaryl/α,β-unsaturated/α-hetero) is 1. The van der Waals surface area contributed by atoms with Gasteiger partial charge < -0.3 is 0 Å².